The highest BCUT2D eigenvalue weighted by molar-refractivity contribution is 6.37. The lowest BCUT2D eigenvalue weighted by Crippen LogP contribution is -2.55. The second kappa shape index (κ2) is 7.36. The molecule has 4 atom stereocenters. The molecule has 3 aliphatic heterocycles. The zero-order valence-electron chi connectivity index (χ0n) is 16.8. The molecule has 1 spiro atoms. The van der Waals surface area contributed by atoms with Crippen molar-refractivity contribution in [1.29, 1.82) is 0 Å². The molecule has 3 heterocycles. The fourth-order valence-corrected chi connectivity index (χ4v) is 6.44. The Bertz CT molecular complexity index is 1070. The number of hydrogen-bond acceptors (Lipinski definition) is 5. The Morgan fingerprint density at radius 3 is 2.68 bits per heavy atom. The first-order chi connectivity index (χ1) is 14.9. The lowest BCUT2D eigenvalue weighted by molar-refractivity contribution is -0.534. The van der Waals surface area contributed by atoms with Crippen LogP contribution in [0.3, 0.4) is 0 Å². The molecule has 0 saturated carbocycles. The van der Waals surface area contributed by atoms with Crippen LogP contribution in [0.15, 0.2) is 36.4 Å². The topological polar surface area (TPSA) is 84.7 Å². The molecule has 0 aliphatic carbocycles. The van der Waals surface area contributed by atoms with E-state index in [4.69, 9.17) is 27.9 Å². The lowest BCUT2D eigenvalue weighted by Gasteiger charge is -2.32. The Balaban J connectivity index is 1.72. The van der Waals surface area contributed by atoms with Gasteiger partial charge in [-0.25, -0.2) is 0 Å². The molecule has 162 valence electrons. The van der Waals surface area contributed by atoms with Crippen LogP contribution in [0.4, 0.5) is 5.69 Å². The van der Waals surface area contributed by atoms with Crippen molar-refractivity contribution in [3.63, 3.8) is 0 Å². The molecular weight excluding hydrogens is 441 g/mol. The van der Waals surface area contributed by atoms with Gasteiger partial charge >= 0.3 is 0 Å². The van der Waals surface area contributed by atoms with Gasteiger partial charge in [0.25, 0.3) is 11.9 Å². The summed E-state index contributed by atoms with van der Waals surface area (Å²) in [5.74, 6) is -0.514. The minimum absolute atomic E-state index is 0.169. The smallest absolute Gasteiger partial charge is 0.256 e. The number of benzene rings is 2. The normalized spacial score (nSPS) is 29.1. The highest BCUT2D eigenvalue weighted by Crippen LogP contribution is 2.58. The van der Waals surface area contributed by atoms with Crippen LogP contribution in [0.5, 0.6) is 5.75 Å². The number of hydrogen-bond donors (Lipinski definition) is 1. The molecule has 1 amide bonds. The van der Waals surface area contributed by atoms with Crippen molar-refractivity contribution in [3.05, 3.63) is 67.7 Å². The minimum Gasteiger partial charge on any atom is -0.491 e. The van der Waals surface area contributed by atoms with E-state index in [1.54, 1.807) is 18.2 Å². The monoisotopic (exact) mass is 461 g/mol. The number of halogens is 2. The lowest BCUT2D eigenvalue weighted by atomic mass is 9.77. The van der Waals surface area contributed by atoms with Gasteiger partial charge in [0.1, 0.15) is 0 Å². The fourth-order valence-electron chi connectivity index (χ4n) is 5.83. The Labute approximate surface area is 189 Å². The van der Waals surface area contributed by atoms with Gasteiger partial charge in [0, 0.05) is 28.8 Å². The fraction of sp³-hybridized carbons (Fsp3) is 0.409. The first-order valence-electron chi connectivity index (χ1n) is 10.3. The second-order valence-electron chi connectivity index (χ2n) is 8.17. The van der Waals surface area contributed by atoms with Crippen LogP contribution in [0.25, 0.3) is 0 Å². The number of nitrogens with zero attached hydrogens (tertiary/aromatic N) is 2. The third-order valence-corrected chi connectivity index (χ3v) is 7.35. The molecule has 0 unspecified atom stereocenters. The van der Waals surface area contributed by atoms with Gasteiger partial charge in [0.05, 0.1) is 22.6 Å². The molecule has 0 bridgehead atoms. The van der Waals surface area contributed by atoms with Crippen LogP contribution in [-0.4, -0.2) is 41.0 Å². The van der Waals surface area contributed by atoms with Crippen LogP contribution in [0, 0.1) is 10.1 Å². The van der Waals surface area contributed by atoms with Gasteiger partial charge in [0.15, 0.2) is 11.3 Å². The van der Waals surface area contributed by atoms with Gasteiger partial charge in [0.2, 0.25) is 0 Å². The number of fused-ring (bicyclic) bond motifs is 4. The van der Waals surface area contributed by atoms with Crippen molar-refractivity contribution in [1.82, 2.24) is 4.90 Å². The molecule has 7 nitrogen and oxygen atoms in total. The van der Waals surface area contributed by atoms with Gasteiger partial charge in [-0.1, -0.05) is 41.4 Å². The van der Waals surface area contributed by atoms with E-state index in [-0.39, 0.29) is 16.9 Å². The SMILES string of the molecule is CCOc1c(Cl)cc([C@H]2[C@H]([N+](=O)[O-])[C@]3(C(=O)Nc4ccccc43)N3CCC[C@@H]23)cc1Cl. The molecule has 9 heteroatoms. The molecule has 5 rings (SSSR count). The van der Waals surface area contributed by atoms with E-state index in [1.807, 2.05) is 30.0 Å². The van der Waals surface area contributed by atoms with Crippen molar-refractivity contribution in [2.24, 2.45) is 0 Å². The number of carbonyl (C=O) groups is 1. The summed E-state index contributed by atoms with van der Waals surface area (Å²) < 4.78 is 5.53. The highest BCUT2D eigenvalue weighted by Gasteiger charge is 2.73. The van der Waals surface area contributed by atoms with E-state index in [1.165, 1.54) is 0 Å². The molecule has 31 heavy (non-hydrogen) atoms. The molecule has 0 radical (unpaired) electrons. The van der Waals surface area contributed by atoms with Crippen molar-refractivity contribution in [2.75, 3.05) is 18.5 Å². The van der Waals surface area contributed by atoms with E-state index in [0.29, 0.717) is 45.8 Å². The van der Waals surface area contributed by atoms with Gasteiger partial charge < -0.3 is 10.1 Å². The molecule has 1 N–H and O–H groups in total. The molecule has 2 saturated heterocycles. The third-order valence-electron chi connectivity index (χ3n) is 6.79. The Morgan fingerprint density at radius 1 is 1.29 bits per heavy atom. The van der Waals surface area contributed by atoms with E-state index < -0.39 is 17.5 Å². The quantitative estimate of drug-likeness (QED) is 0.536. The van der Waals surface area contributed by atoms with Crippen LogP contribution in [0.1, 0.15) is 36.8 Å². The first kappa shape index (κ1) is 20.5. The van der Waals surface area contributed by atoms with Crippen LogP contribution in [0.2, 0.25) is 10.0 Å². The van der Waals surface area contributed by atoms with Crippen molar-refractivity contribution < 1.29 is 14.5 Å². The summed E-state index contributed by atoms with van der Waals surface area (Å²) in [6, 6.07) is 9.31. The van der Waals surface area contributed by atoms with Gasteiger partial charge in [-0.3, -0.25) is 19.8 Å². The summed E-state index contributed by atoms with van der Waals surface area (Å²) in [4.78, 5) is 27.7. The maximum Gasteiger partial charge on any atom is 0.256 e. The number of carbonyl (C=O) groups excluding carboxylic acids is 1. The Hall–Kier alpha value is -2.35. The maximum absolute atomic E-state index is 13.4. The van der Waals surface area contributed by atoms with E-state index in [2.05, 4.69) is 5.32 Å². The Kier molecular flexibility index (Phi) is 4.88. The number of anilines is 1. The van der Waals surface area contributed by atoms with Crippen LogP contribution < -0.4 is 10.1 Å². The van der Waals surface area contributed by atoms with Gasteiger partial charge in [-0.15, -0.1) is 0 Å². The van der Waals surface area contributed by atoms with Crippen LogP contribution >= 0.6 is 23.2 Å². The standard InChI is InChI=1S/C22H21Cl2N3O4/c1-2-31-19-14(23)10-12(11-15(19)24)18-17-8-5-9-26(17)22(20(18)27(29)30)13-6-3-4-7-16(13)25-21(22)28/h3-4,6-7,10-11,17-18,20H,2,5,8-9H2,1H3,(H,25,28)/t17-,18+,20-,22+/m0/s1. The van der Waals surface area contributed by atoms with Crippen molar-refractivity contribution in [2.45, 2.75) is 43.3 Å². The zero-order chi connectivity index (χ0) is 21.9. The predicted molar refractivity (Wildman–Crippen MR) is 118 cm³/mol. The molecule has 3 aliphatic rings. The van der Waals surface area contributed by atoms with Crippen molar-refractivity contribution in [3.8, 4) is 5.75 Å². The van der Waals surface area contributed by atoms with Gasteiger partial charge in [-0.2, -0.15) is 0 Å². The Morgan fingerprint density at radius 2 is 2.00 bits per heavy atom. The summed E-state index contributed by atoms with van der Waals surface area (Å²) in [6.07, 6.45) is 1.62. The average Bonchev–Trinajstić information content (AvgIpc) is 3.38. The number of ether oxygens (including phenoxy) is 1. The summed E-state index contributed by atoms with van der Waals surface area (Å²) in [6.45, 7) is 2.85. The number of nitro groups is 1. The van der Waals surface area contributed by atoms with Crippen molar-refractivity contribution >= 4 is 34.8 Å². The summed E-state index contributed by atoms with van der Waals surface area (Å²) in [5, 5.41) is 16.1. The maximum atomic E-state index is 13.4. The zero-order valence-corrected chi connectivity index (χ0v) is 18.3. The number of rotatable bonds is 4. The molecule has 2 fully saturated rings. The largest absolute Gasteiger partial charge is 0.491 e. The molecule has 0 aromatic heterocycles. The highest BCUT2D eigenvalue weighted by atomic mass is 35.5. The number of nitrogens with one attached hydrogen (secondary N) is 1. The van der Waals surface area contributed by atoms with Gasteiger partial charge in [-0.05, 0) is 43.5 Å². The van der Waals surface area contributed by atoms with E-state index in [0.717, 1.165) is 12.8 Å². The van der Waals surface area contributed by atoms with E-state index in [9.17, 15) is 14.9 Å². The third kappa shape index (κ3) is 2.73. The predicted octanol–water partition coefficient (Wildman–Crippen LogP) is 4.45. The van der Waals surface area contributed by atoms with Crippen LogP contribution in [-0.2, 0) is 10.3 Å². The average molecular weight is 462 g/mol. The minimum atomic E-state index is -1.36. The summed E-state index contributed by atoms with van der Waals surface area (Å²) in [7, 11) is 0. The molecule has 2 aromatic rings. The number of amides is 1. The second-order valence-corrected chi connectivity index (χ2v) is 8.99. The summed E-state index contributed by atoms with van der Waals surface area (Å²) in [5.41, 5.74) is 0.600. The number of para-hydroxylation sites is 1. The summed E-state index contributed by atoms with van der Waals surface area (Å²) >= 11 is 12.9. The molecular formula is C22H21Cl2N3O4. The van der Waals surface area contributed by atoms with E-state index >= 15 is 0 Å². The first-order valence-corrected chi connectivity index (χ1v) is 11.1. The molecule has 2 aromatic carbocycles.